The molecule has 1 aromatic carbocycles. The van der Waals surface area contributed by atoms with Crippen LogP contribution in [-0.4, -0.2) is 60.8 Å². The van der Waals surface area contributed by atoms with Crippen molar-refractivity contribution in [3.63, 3.8) is 0 Å². The number of halogens is 1. The Kier molecular flexibility index (Phi) is 6.09. The summed E-state index contributed by atoms with van der Waals surface area (Å²) in [5.41, 5.74) is 0.717. The van der Waals surface area contributed by atoms with Gasteiger partial charge in [-0.15, -0.1) is 0 Å². The molecule has 0 spiro atoms. The topological polar surface area (TPSA) is 35.9 Å². The fourth-order valence-electron chi connectivity index (χ4n) is 4.01. The van der Waals surface area contributed by atoms with Gasteiger partial charge in [-0.2, -0.15) is 0 Å². The highest BCUT2D eigenvalue weighted by atomic mass is 19.1. The second-order valence-corrected chi connectivity index (χ2v) is 7.15. The molecule has 0 radical (unpaired) electrons. The van der Waals surface area contributed by atoms with Gasteiger partial charge in [-0.25, -0.2) is 4.39 Å². The normalized spacial score (nSPS) is 24.2. The van der Waals surface area contributed by atoms with Gasteiger partial charge in [-0.1, -0.05) is 0 Å². The summed E-state index contributed by atoms with van der Waals surface area (Å²) in [4.78, 5) is 4.93. The van der Waals surface area contributed by atoms with Gasteiger partial charge in [0.15, 0.2) is 0 Å². The summed E-state index contributed by atoms with van der Waals surface area (Å²) in [6, 6.07) is 5.54. The molecular formula is C19H29FN2O2. The Morgan fingerprint density at radius 2 is 2.00 bits per heavy atom. The minimum atomic E-state index is -0.151. The third kappa shape index (κ3) is 4.26. The first-order valence-electron chi connectivity index (χ1n) is 9.09. The maximum atomic E-state index is 14.1. The van der Waals surface area contributed by atoms with Crippen LogP contribution in [0.3, 0.4) is 0 Å². The molecule has 0 bridgehead atoms. The Labute approximate surface area is 144 Å². The van der Waals surface area contributed by atoms with E-state index in [1.165, 1.54) is 12.5 Å². The summed E-state index contributed by atoms with van der Waals surface area (Å²) in [5.74, 6) is 1.04. The first-order chi connectivity index (χ1) is 11.7. The van der Waals surface area contributed by atoms with E-state index in [9.17, 15) is 9.50 Å². The Hall–Kier alpha value is -1.17. The van der Waals surface area contributed by atoms with Crippen molar-refractivity contribution in [2.24, 2.45) is 5.92 Å². The van der Waals surface area contributed by atoms with Crippen molar-refractivity contribution >= 4 is 0 Å². The van der Waals surface area contributed by atoms with Gasteiger partial charge in [0.1, 0.15) is 11.6 Å². The van der Waals surface area contributed by atoms with Crippen molar-refractivity contribution in [2.45, 2.75) is 38.3 Å². The van der Waals surface area contributed by atoms with E-state index in [1.54, 1.807) is 13.2 Å². The number of methoxy groups -OCH3 is 1. The van der Waals surface area contributed by atoms with Crippen molar-refractivity contribution in [1.82, 2.24) is 9.80 Å². The summed E-state index contributed by atoms with van der Waals surface area (Å²) in [7, 11) is 1.62. The fourth-order valence-corrected chi connectivity index (χ4v) is 4.01. The van der Waals surface area contributed by atoms with Crippen LogP contribution in [0.1, 0.15) is 31.2 Å². The third-order valence-electron chi connectivity index (χ3n) is 5.55. The first-order valence-corrected chi connectivity index (χ1v) is 9.09. The zero-order valence-corrected chi connectivity index (χ0v) is 14.6. The zero-order valence-electron chi connectivity index (χ0n) is 14.6. The van der Waals surface area contributed by atoms with E-state index in [1.807, 2.05) is 6.07 Å². The average Bonchev–Trinajstić information content (AvgIpc) is 2.64. The molecule has 2 aliphatic rings. The van der Waals surface area contributed by atoms with Crippen LogP contribution >= 0.6 is 0 Å². The number of ether oxygens (including phenoxy) is 1. The van der Waals surface area contributed by atoms with E-state index in [0.29, 0.717) is 36.4 Å². The number of benzene rings is 1. The van der Waals surface area contributed by atoms with E-state index >= 15 is 0 Å². The smallest absolute Gasteiger partial charge is 0.127 e. The van der Waals surface area contributed by atoms with Gasteiger partial charge in [-0.3, -0.25) is 9.80 Å². The Morgan fingerprint density at radius 3 is 2.71 bits per heavy atom. The second-order valence-electron chi connectivity index (χ2n) is 7.15. The molecule has 0 saturated carbocycles. The lowest BCUT2D eigenvalue weighted by Crippen LogP contribution is -2.50. The predicted molar refractivity (Wildman–Crippen MR) is 92.6 cm³/mol. The van der Waals surface area contributed by atoms with Crippen LogP contribution in [0.25, 0.3) is 0 Å². The molecule has 3 rings (SSSR count). The standard InChI is InChI=1S/C19H29FN2O2/c1-24-18-4-5-19(20)16(11-18)12-21-8-2-3-17(13-21)22-9-6-15(14-23)7-10-22/h4-5,11,15,17,23H,2-3,6-10,12-14H2,1H3. The van der Waals surface area contributed by atoms with Gasteiger partial charge in [0.05, 0.1) is 7.11 Å². The highest BCUT2D eigenvalue weighted by Gasteiger charge is 2.28. The van der Waals surface area contributed by atoms with Crippen molar-refractivity contribution < 1.29 is 14.2 Å². The van der Waals surface area contributed by atoms with Crippen LogP contribution in [0.2, 0.25) is 0 Å². The average molecular weight is 336 g/mol. The van der Waals surface area contributed by atoms with Gasteiger partial charge < -0.3 is 9.84 Å². The van der Waals surface area contributed by atoms with E-state index < -0.39 is 0 Å². The summed E-state index contributed by atoms with van der Waals surface area (Å²) in [6.45, 7) is 5.15. The number of nitrogens with zero attached hydrogens (tertiary/aromatic N) is 2. The highest BCUT2D eigenvalue weighted by molar-refractivity contribution is 5.29. The number of hydrogen-bond donors (Lipinski definition) is 1. The van der Waals surface area contributed by atoms with Crippen LogP contribution in [0.15, 0.2) is 18.2 Å². The van der Waals surface area contributed by atoms with Gasteiger partial charge in [0.25, 0.3) is 0 Å². The third-order valence-corrected chi connectivity index (χ3v) is 5.55. The quantitative estimate of drug-likeness (QED) is 0.896. The monoisotopic (exact) mass is 336 g/mol. The molecule has 2 fully saturated rings. The maximum absolute atomic E-state index is 14.1. The summed E-state index contributed by atoms with van der Waals surface area (Å²) >= 11 is 0. The molecule has 1 aromatic rings. The molecule has 4 nitrogen and oxygen atoms in total. The van der Waals surface area contributed by atoms with Crippen molar-refractivity contribution in [2.75, 3.05) is 39.9 Å². The Balaban J connectivity index is 1.58. The Bertz CT molecular complexity index is 532. The van der Waals surface area contributed by atoms with E-state index in [4.69, 9.17) is 4.74 Å². The predicted octanol–water partition coefficient (Wildman–Crippen LogP) is 2.50. The lowest BCUT2D eigenvalue weighted by molar-refractivity contribution is 0.0540. The second kappa shape index (κ2) is 8.28. The van der Waals surface area contributed by atoms with E-state index in [-0.39, 0.29) is 5.82 Å². The number of likely N-dealkylation sites (tertiary alicyclic amines) is 2. The minimum absolute atomic E-state index is 0.151. The molecule has 2 heterocycles. The number of rotatable bonds is 5. The van der Waals surface area contributed by atoms with E-state index in [2.05, 4.69) is 9.80 Å². The van der Waals surface area contributed by atoms with Gasteiger partial charge in [0, 0.05) is 31.3 Å². The van der Waals surface area contributed by atoms with E-state index in [0.717, 1.165) is 45.4 Å². The van der Waals surface area contributed by atoms with Crippen molar-refractivity contribution in [3.05, 3.63) is 29.6 Å². The minimum Gasteiger partial charge on any atom is -0.497 e. The number of aliphatic hydroxyl groups excluding tert-OH is 1. The molecule has 1 unspecified atom stereocenters. The number of piperidine rings is 2. The maximum Gasteiger partial charge on any atom is 0.127 e. The van der Waals surface area contributed by atoms with Crippen LogP contribution in [-0.2, 0) is 6.54 Å². The lowest BCUT2D eigenvalue weighted by Gasteiger charge is -2.42. The van der Waals surface area contributed by atoms with Crippen LogP contribution in [0.4, 0.5) is 4.39 Å². The van der Waals surface area contributed by atoms with Gasteiger partial charge >= 0.3 is 0 Å². The Morgan fingerprint density at radius 1 is 1.21 bits per heavy atom. The zero-order chi connectivity index (χ0) is 16.9. The lowest BCUT2D eigenvalue weighted by atomic mass is 9.94. The number of aliphatic hydroxyl groups is 1. The molecule has 2 aliphatic heterocycles. The molecule has 134 valence electrons. The molecule has 0 aromatic heterocycles. The summed E-state index contributed by atoms with van der Waals surface area (Å²) in [5, 5.41) is 9.29. The molecule has 5 heteroatoms. The number of hydrogen-bond acceptors (Lipinski definition) is 4. The molecule has 1 atom stereocenters. The van der Waals surface area contributed by atoms with Crippen molar-refractivity contribution in [3.8, 4) is 5.75 Å². The summed E-state index contributed by atoms with van der Waals surface area (Å²) < 4.78 is 19.3. The molecule has 24 heavy (non-hydrogen) atoms. The van der Waals surface area contributed by atoms with Gasteiger partial charge in [0.2, 0.25) is 0 Å². The molecule has 0 aliphatic carbocycles. The highest BCUT2D eigenvalue weighted by Crippen LogP contribution is 2.25. The molecular weight excluding hydrogens is 307 g/mol. The molecule has 2 saturated heterocycles. The summed E-state index contributed by atoms with van der Waals surface area (Å²) in [6.07, 6.45) is 4.58. The molecule has 1 N–H and O–H groups in total. The SMILES string of the molecule is COc1ccc(F)c(CN2CCCC(N3CCC(CO)CC3)C2)c1. The first kappa shape index (κ1) is 17.6. The van der Waals surface area contributed by atoms with Crippen molar-refractivity contribution in [1.29, 1.82) is 0 Å². The van der Waals surface area contributed by atoms with Gasteiger partial charge in [-0.05, 0) is 69.4 Å². The van der Waals surface area contributed by atoms with Crippen LogP contribution < -0.4 is 4.74 Å². The van der Waals surface area contributed by atoms with Crippen LogP contribution in [0.5, 0.6) is 5.75 Å². The molecule has 0 amide bonds. The largest absolute Gasteiger partial charge is 0.497 e. The van der Waals surface area contributed by atoms with Crippen LogP contribution in [0, 0.1) is 11.7 Å². The fraction of sp³-hybridized carbons (Fsp3) is 0.684.